The zero-order chi connectivity index (χ0) is 11.2. The Morgan fingerprint density at radius 2 is 1.62 bits per heavy atom. The molecular formula is C13H11NOP-. The SMILES string of the molecule is [O-]PN=Cc1ccccc1-c1ccccc1. The fourth-order valence-electron chi connectivity index (χ4n) is 1.59. The van der Waals surface area contributed by atoms with Crippen LogP contribution in [-0.2, 0) is 0 Å². The molecule has 0 aliphatic carbocycles. The number of hydrogen-bond donors (Lipinski definition) is 0. The van der Waals surface area contributed by atoms with Crippen LogP contribution in [0.15, 0.2) is 59.4 Å². The first-order valence-corrected chi connectivity index (χ1v) is 5.82. The minimum Gasteiger partial charge on any atom is -0.814 e. The van der Waals surface area contributed by atoms with Crippen LogP contribution in [0.3, 0.4) is 0 Å². The monoisotopic (exact) mass is 228 g/mol. The fraction of sp³-hybridized carbons (Fsp3) is 0. The average molecular weight is 228 g/mol. The van der Waals surface area contributed by atoms with Gasteiger partial charge in [0.1, 0.15) is 0 Å². The topological polar surface area (TPSA) is 35.4 Å². The smallest absolute Gasteiger partial charge is 0.0317 e. The van der Waals surface area contributed by atoms with Crippen molar-refractivity contribution >= 4 is 15.2 Å². The normalized spacial score (nSPS) is 11.6. The maximum absolute atomic E-state index is 10.4. The van der Waals surface area contributed by atoms with Crippen LogP contribution in [0.4, 0.5) is 0 Å². The highest BCUT2D eigenvalue weighted by atomic mass is 31.1. The Labute approximate surface area is 96.6 Å². The predicted octanol–water partition coefficient (Wildman–Crippen LogP) is 2.64. The molecule has 0 radical (unpaired) electrons. The summed E-state index contributed by atoms with van der Waals surface area (Å²) in [4.78, 5) is 10.4. The van der Waals surface area contributed by atoms with Gasteiger partial charge < -0.3 is 4.89 Å². The van der Waals surface area contributed by atoms with E-state index in [0.29, 0.717) is 0 Å². The molecule has 3 heteroatoms. The van der Waals surface area contributed by atoms with E-state index in [1.165, 1.54) is 0 Å². The van der Waals surface area contributed by atoms with E-state index < -0.39 is 8.96 Å². The molecule has 2 rings (SSSR count). The molecule has 0 aromatic heterocycles. The maximum atomic E-state index is 10.4. The molecule has 2 nitrogen and oxygen atoms in total. The third-order valence-electron chi connectivity index (χ3n) is 2.30. The standard InChI is InChI=1S/C13H11NOP/c15-16-14-10-12-8-4-5-9-13(12)11-6-2-1-3-7-11/h1-10,16H/q-1. The quantitative estimate of drug-likeness (QED) is 0.587. The Hall–Kier alpha value is -1.50. The molecule has 0 saturated carbocycles. The van der Waals surface area contributed by atoms with Gasteiger partial charge in [-0.15, -0.1) is 0 Å². The summed E-state index contributed by atoms with van der Waals surface area (Å²) in [6, 6.07) is 18.0. The van der Waals surface area contributed by atoms with Crippen molar-refractivity contribution in [1.29, 1.82) is 0 Å². The Morgan fingerprint density at radius 3 is 2.38 bits per heavy atom. The van der Waals surface area contributed by atoms with Crippen molar-refractivity contribution in [2.24, 2.45) is 4.76 Å². The van der Waals surface area contributed by atoms with Crippen molar-refractivity contribution in [3.63, 3.8) is 0 Å². The van der Waals surface area contributed by atoms with Crippen molar-refractivity contribution in [1.82, 2.24) is 0 Å². The number of benzene rings is 2. The Morgan fingerprint density at radius 1 is 0.938 bits per heavy atom. The maximum Gasteiger partial charge on any atom is 0.0317 e. The molecule has 0 bridgehead atoms. The summed E-state index contributed by atoms with van der Waals surface area (Å²) in [5.74, 6) is 0. The van der Waals surface area contributed by atoms with Gasteiger partial charge in [0.2, 0.25) is 0 Å². The van der Waals surface area contributed by atoms with Crippen LogP contribution in [0.2, 0.25) is 0 Å². The van der Waals surface area contributed by atoms with Crippen LogP contribution >= 0.6 is 8.96 Å². The minimum absolute atomic E-state index is 0.643. The summed E-state index contributed by atoms with van der Waals surface area (Å²) in [6.07, 6.45) is 1.65. The Kier molecular flexibility index (Phi) is 3.81. The summed E-state index contributed by atoms with van der Waals surface area (Å²) in [5.41, 5.74) is 3.22. The highest BCUT2D eigenvalue weighted by Crippen LogP contribution is 2.22. The molecular weight excluding hydrogens is 217 g/mol. The van der Waals surface area contributed by atoms with Gasteiger partial charge in [-0.25, -0.2) is 0 Å². The van der Waals surface area contributed by atoms with E-state index in [1.54, 1.807) is 6.21 Å². The minimum atomic E-state index is -0.643. The summed E-state index contributed by atoms with van der Waals surface area (Å²) < 4.78 is 3.78. The molecule has 1 atom stereocenters. The number of rotatable bonds is 3. The van der Waals surface area contributed by atoms with E-state index in [1.807, 2.05) is 54.6 Å². The largest absolute Gasteiger partial charge is 0.814 e. The lowest BCUT2D eigenvalue weighted by atomic mass is 10.0. The van der Waals surface area contributed by atoms with Gasteiger partial charge in [0.15, 0.2) is 0 Å². The molecule has 0 N–H and O–H groups in total. The number of hydrogen-bond acceptors (Lipinski definition) is 2. The molecule has 0 heterocycles. The predicted molar refractivity (Wildman–Crippen MR) is 67.8 cm³/mol. The van der Waals surface area contributed by atoms with Gasteiger partial charge in [0.05, 0.1) is 0 Å². The third-order valence-corrected chi connectivity index (χ3v) is 2.54. The van der Waals surface area contributed by atoms with Crippen molar-refractivity contribution in [3.8, 4) is 11.1 Å². The summed E-state index contributed by atoms with van der Waals surface area (Å²) in [5, 5.41) is 0. The van der Waals surface area contributed by atoms with Gasteiger partial charge in [-0.2, -0.15) is 0 Å². The fourth-order valence-corrected chi connectivity index (χ4v) is 1.78. The van der Waals surface area contributed by atoms with Gasteiger partial charge in [-0.3, -0.25) is 4.76 Å². The molecule has 2 aromatic rings. The van der Waals surface area contributed by atoms with Crippen molar-refractivity contribution < 1.29 is 4.89 Å². The van der Waals surface area contributed by atoms with Crippen LogP contribution in [0.25, 0.3) is 11.1 Å². The van der Waals surface area contributed by atoms with E-state index >= 15 is 0 Å². The van der Waals surface area contributed by atoms with E-state index in [9.17, 15) is 4.89 Å². The van der Waals surface area contributed by atoms with Crippen molar-refractivity contribution in [3.05, 3.63) is 60.2 Å². The van der Waals surface area contributed by atoms with E-state index in [0.717, 1.165) is 16.7 Å². The van der Waals surface area contributed by atoms with Gasteiger partial charge in [0.25, 0.3) is 0 Å². The first-order chi connectivity index (χ1) is 7.92. The second-order valence-electron chi connectivity index (χ2n) is 3.30. The molecule has 80 valence electrons. The lowest BCUT2D eigenvalue weighted by Crippen LogP contribution is -1.87. The van der Waals surface area contributed by atoms with Gasteiger partial charge in [-0.1, -0.05) is 63.6 Å². The first-order valence-electron chi connectivity index (χ1n) is 4.96. The van der Waals surface area contributed by atoms with Crippen LogP contribution in [-0.4, -0.2) is 6.21 Å². The lowest BCUT2D eigenvalue weighted by Gasteiger charge is -2.05. The molecule has 0 aliphatic heterocycles. The highest BCUT2D eigenvalue weighted by molar-refractivity contribution is 7.28. The zero-order valence-electron chi connectivity index (χ0n) is 8.63. The van der Waals surface area contributed by atoms with Crippen LogP contribution < -0.4 is 4.89 Å². The summed E-state index contributed by atoms with van der Waals surface area (Å²) in [7, 11) is -0.643. The second kappa shape index (κ2) is 5.55. The first kappa shape index (κ1) is 11.0. The van der Waals surface area contributed by atoms with Crippen LogP contribution in [0.1, 0.15) is 5.56 Å². The van der Waals surface area contributed by atoms with Crippen LogP contribution in [0, 0.1) is 0 Å². The Bertz CT molecular complexity index is 482. The lowest BCUT2D eigenvalue weighted by molar-refractivity contribution is -0.150. The zero-order valence-corrected chi connectivity index (χ0v) is 9.63. The molecule has 0 amide bonds. The molecule has 0 fully saturated rings. The molecule has 2 aromatic carbocycles. The average Bonchev–Trinajstić information content (AvgIpc) is 2.38. The molecule has 0 saturated heterocycles. The van der Waals surface area contributed by atoms with Gasteiger partial charge in [-0.05, 0) is 11.1 Å². The number of nitrogens with zero attached hydrogens (tertiary/aromatic N) is 1. The van der Waals surface area contributed by atoms with Crippen LogP contribution in [0.5, 0.6) is 0 Å². The third kappa shape index (κ3) is 2.54. The molecule has 16 heavy (non-hydrogen) atoms. The summed E-state index contributed by atoms with van der Waals surface area (Å²) >= 11 is 0. The van der Waals surface area contributed by atoms with Gasteiger partial charge >= 0.3 is 0 Å². The summed E-state index contributed by atoms with van der Waals surface area (Å²) in [6.45, 7) is 0. The van der Waals surface area contributed by atoms with E-state index in [2.05, 4.69) is 4.76 Å². The van der Waals surface area contributed by atoms with Gasteiger partial charge in [0, 0.05) is 11.8 Å². The molecule has 0 aliphatic rings. The molecule has 1 unspecified atom stereocenters. The van der Waals surface area contributed by atoms with Crippen molar-refractivity contribution in [2.75, 3.05) is 0 Å². The Balaban J connectivity index is 2.45. The van der Waals surface area contributed by atoms with Crippen molar-refractivity contribution in [2.45, 2.75) is 0 Å². The molecule has 0 spiro atoms. The second-order valence-corrected chi connectivity index (χ2v) is 3.74. The van der Waals surface area contributed by atoms with E-state index in [-0.39, 0.29) is 0 Å². The van der Waals surface area contributed by atoms with E-state index in [4.69, 9.17) is 0 Å². The highest BCUT2D eigenvalue weighted by Gasteiger charge is 2.00.